The van der Waals surface area contributed by atoms with E-state index >= 15 is 0 Å². The van der Waals surface area contributed by atoms with E-state index in [1.54, 1.807) is 0 Å². The Hall–Kier alpha value is -1.47. The highest BCUT2D eigenvalue weighted by atomic mass is 35.5. The molecule has 0 bridgehead atoms. The summed E-state index contributed by atoms with van der Waals surface area (Å²) < 4.78 is 42.6. The van der Waals surface area contributed by atoms with E-state index in [0.29, 0.717) is 12.5 Å². The molecule has 1 fully saturated rings. The third-order valence-corrected chi connectivity index (χ3v) is 3.29. The molecule has 2 rings (SSSR count). The summed E-state index contributed by atoms with van der Waals surface area (Å²) >= 11 is 0. The smallest absolute Gasteiger partial charge is 0.416 e. The maximum atomic E-state index is 12.5. The Morgan fingerprint density at radius 2 is 2.09 bits per heavy atom. The van der Waals surface area contributed by atoms with Gasteiger partial charge in [-0.15, -0.1) is 12.4 Å². The number of ether oxygens (including phenoxy) is 1. The lowest BCUT2D eigenvalue weighted by molar-refractivity contribution is -0.137. The van der Waals surface area contributed by atoms with E-state index in [4.69, 9.17) is 10.5 Å². The molecule has 1 saturated carbocycles. The van der Waals surface area contributed by atoms with Gasteiger partial charge in [-0.25, -0.2) is 0 Å². The van der Waals surface area contributed by atoms with Gasteiger partial charge >= 0.3 is 6.18 Å². The van der Waals surface area contributed by atoms with Crippen molar-refractivity contribution in [2.24, 2.45) is 11.7 Å². The molecule has 0 aliphatic heterocycles. The highest BCUT2D eigenvalue weighted by Gasteiger charge is 2.30. The number of halogens is 4. The van der Waals surface area contributed by atoms with Gasteiger partial charge in [0.05, 0.1) is 5.56 Å². The van der Waals surface area contributed by atoms with E-state index in [0.717, 1.165) is 25.0 Å². The van der Waals surface area contributed by atoms with E-state index in [-0.39, 0.29) is 30.8 Å². The van der Waals surface area contributed by atoms with Crippen molar-refractivity contribution in [2.45, 2.75) is 25.1 Å². The Kier molecular flexibility index (Phi) is 6.49. The molecule has 1 atom stereocenters. The Morgan fingerprint density at radius 1 is 1.41 bits per heavy atom. The average Bonchev–Trinajstić information content (AvgIpc) is 3.26. The van der Waals surface area contributed by atoms with Gasteiger partial charge in [-0.05, 0) is 37.0 Å². The monoisotopic (exact) mass is 338 g/mol. The zero-order chi connectivity index (χ0) is 15.5. The van der Waals surface area contributed by atoms with Gasteiger partial charge in [-0.1, -0.05) is 6.07 Å². The van der Waals surface area contributed by atoms with Crippen LogP contribution in [0.3, 0.4) is 0 Å². The number of nitrogens with one attached hydrogen (secondary N) is 1. The van der Waals surface area contributed by atoms with Crippen molar-refractivity contribution in [3.8, 4) is 5.75 Å². The van der Waals surface area contributed by atoms with Crippen molar-refractivity contribution < 1.29 is 22.7 Å². The first kappa shape index (κ1) is 18.6. The van der Waals surface area contributed by atoms with Crippen LogP contribution in [0.5, 0.6) is 5.75 Å². The minimum absolute atomic E-state index is 0. The summed E-state index contributed by atoms with van der Waals surface area (Å²) in [5.74, 6) is 0.0738. The molecule has 8 heteroatoms. The molecule has 0 heterocycles. The van der Waals surface area contributed by atoms with Crippen molar-refractivity contribution in [3.05, 3.63) is 29.8 Å². The molecule has 0 aromatic heterocycles. The van der Waals surface area contributed by atoms with Crippen LogP contribution in [-0.4, -0.2) is 25.1 Å². The number of benzene rings is 1. The van der Waals surface area contributed by atoms with Crippen LogP contribution in [0.25, 0.3) is 0 Å². The molecule has 1 aliphatic carbocycles. The second-order valence-corrected chi connectivity index (χ2v) is 5.12. The maximum Gasteiger partial charge on any atom is 0.416 e. The van der Waals surface area contributed by atoms with Crippen LogP contribution in [-0.2, 0) is 11.0 Å². The fourth-order valence-electron chi connectivity index (χ4n) is 1.88. The third-order valence-electron chi connectivity index (χ3n) is 3.29. The average molecular weight is 339 g/mol. The number of hydrogen-bond acceptors (Lipinski definition) is 3. The van der Waals surface area contributed by atoms with Crippen LogP contribution in [0, 0.1) is 5.92 Å². The van der Waals surface area contributed by atoms with Gasteiger partial charge < -0.3 is 15.8 Å². The van der Waals surface area contributed by atoms with E-state index in [1.165, 1.54) is 12.1 Å². The van der Waals surface area contributed by atoms with Crippen molar-refractivity contribution in [2.75, 3.05) is 13.2 Å². The molecule has 0 saturated heterocycles. The van der Waals surface area contributed by atoms with Crippen molar-refractivity contribution >= 4 is 18.3 Å². The normalized spacial score (nSPS) is 15.6. The summed E-state index contributed by atoms with van der Waals surface area (Å²) in [5.41, 5.74) is 5.01. The molecule has 0 spiro atoms. The zero-order valence-electron chi connectivity index (χ0n) is 11.7. The van der Waals surface area contributed by atoms with Gasteiger partial charge in [0, 0.05) is 12.6 Å². The van der Waals surface area contributed by atoms with E-state index < -0.39 is 17.6 Å². The standard InChI is InChI=1S/C14H17F3N2O2.ClH/c15-14(16,17)10-2-1-3-11(6-10)21-8-13(20)19-7-12(18)9-4-5-9;/h1-3,6,9,12H,4-5,7-8,18H2,(H,19,20);1H. The third kappa shape index (κ3) is 5.73. The van der Waals surface area contributed by atoms with Crippen molar-refractivity contribution in [1.29, 1.82) is 0 Å². The summed E-state index contributed by atoms with van der Waals surface area (Å²) in [6.07, 6.45) is -2.27. The van der Waals surface area contributed by atoms with Crippen LogP contribution < -0.4 is 15.8 Å². The predicted octanol–water partition coefficient (Wildman–Crippen LogP) is 2.36. The quantitative estimate of drug-likeness (QED) is 0.837. The fourth-order valence-corrected chi connectivity index (χ4v) is 1.88. The maximum absolute atomic E-state index is 12.5. The molecular formula is C14H18ClF3N2O2. The van der Waals surface area contributed by atoms with Crippen molar-refractivity contribution in [3.63, 3.8) is 0 Å². The lowest BCUT2D eigenvalue weighted by Crippen LogP contribution is -2.40. The Balaban J connectivity index is 0.00000242. The van der Waals surface area contributed by atoms with Crippen molar-refractivity contribution in [1.82, 2.24) is 5.32 Å². The number of carbonyl (C=O) groups is 1. The first-order valence-electron chi connectivity index (χ1n) is 6.68. The lowest BCUT2D eigenvalue weighted by Gasteiger charge is -2.13. The Morgan fingerprint density at radius 3 is 2.68 bits per heavy atom. The molecule has 4 nitrogen and oxygen atoms in total. The second-order valence-electron chi connectivity index (χ2n) is 5.12. The summed E-state index contributed by atoms with van der Waals surface area (Å²) in [7, 11) is 0. The van der Waals surface area contributed by atoms with Gasteiger partial charge in [-0.3, -0.25) is 4.79 Å². The highest BCUT2D eigenvalue weighted by Crippen LogP contribution is 2.31. The van der Waals surface area contributed by atoms with Gasteiger partial charge in [-0.2, -0.15) is 13.2 Å². The molecule has 3 N–H and O–H groups in total. The topological polar surface area (TPSA) is 64.3 Å². The van der Waals surface area contributed by atoms with E-state index in [1.807, 2.05) is 0 Å². The molecule has 22 heavy (non-hydrogen) atoms. The molecule has 1 unspecified atom stereocenters. The number of carbonyl (C=O) groups excluding carboxylic acids is 1. The van der Waals surface area contributed by atoms with Crippen LogP contribution >= 0.6 is 12.4 Å². The number of alkyl halides is 3. The Labute approximate surface area is 132 Å². The second kappa shape index (κ2) is 7.69. The molecule has 124 valence electrons. The predicted molar refractivity (Wildman–Crippen MR) is 77.9 cm³/mol. The SMILES string of the molecule is Cl.NC(CNC(=O)COc1cccc(C(F)(F)F)c1)C1CC1. The molecule has 1 amide bonds. The first-order valence-corrected chi connectivity index (χ1v) is 6.68. The van der Waals surface area contributed by atoms with Crippen LogP contribution in [0.4, 0.5) is 13.2 Å². The molecule has 1 aromatic carbocycles. The lowest BCUT2D eigenvalue weighted by atomic mass is 10.2. The molecule has 0 radical (unpaired) electrons. The van der Waals surface area contributed by atoms with Crippen LogP contribution in [0.2, 0.25) is 0 Å². The van der Waals surface area contributed by atoms with Crippen LogP contribution in [0.15, 0.2) is 24.3 Å². The number of amides is 1. The minimum Gasteiger partial charge on any atom is -0.484 e. The summed E-state index contributed by atoms with van der Waals surface area (Å²) in [6.45, 7) is 0.0220. The van der Waals surface area contributed by atoms with Gasteiger partial charge in [0.2, 0.25) is 0 Å². The zero-order valence-corrected chi connectivity index (χ0v) is 12.5. The molecular weight excluding hydrogens is 321 g/mol. The number of hydrogen-bond donors (Lipinski definition) is 2. The molecule has 1 aliphatic rings. The van der Waals surface area contributed by atoms with E-state index in [2.05, 4.69) is 5.32 Å². The fraction of sp³-hybridized carbons (Fsp3) is 0.500. The van der Waals surface area contributed by atoms with E-state index in [9.17, 15) is 18.0 Å². The van der Waals surface area contributed by atoms with Gasteiger partial charge in [0.15, 0.2) is 6.61 Å². The highest BCUT2D eigenvalue weighted by molar-refractivity contribution is 5.85. The summed E-state index contributed by atoms with van der Waals surface area (Å²) in [5, 5.41) is 2.61. The summed E-state index contributed by atoms with van der Waals surface area (Å²) in [4.78, 5) is 11.5. The first-order chi connectivity index (χ1) is 9.86. The molecule has 1 aromatic rings. The van der Waals surface area contributed by atoms with Crippen LogP contribution in [0.1, 0.15) is 18.4 Å². The van der Waals surface area contributed by atoms with Gasteiger partial charge in [0.25, 0.3) is 5.91 Å². The number of nitrogens with two attached hydrogens (primary N) is 1. The minimum atomic E-state index is -4.43. The largest absolute Gasteiger partial charge is 0.484 e. The Bertz CT molecular complexity index is 507. The number of rotatable bonds is 6. The van der Waals surface area contributed by atoms with Gasteiger partial charge in [0.1, 0.15) is 5.75 Å². The summed E-state index contributed by atoms with van der Waals surface area (Å²) in [6, 6.07) is 4.35.